The minimum absolute atomic E-state index is 0.433. The zero-order valence-electron chi connectivity index (χ0n) is 16.7. The van der Waals surface area contributed by atoms with Crippen molar-refractivity contribution in [2.45, 2.75) is 79.6 Å². The van der Waals surface area contributed by atoms with Crippen molar-refractivity contribution in [3.05, 3.63) is 0 Å². The van der Waals surface area contributed by atoms with E-state index >= 15 is 0 Å². The maximum atomic E-state index is 12.4. The lowest BCUT2D eigenvalue weighted by molar-refractivity contribution is 0.113. The van der Waals surface area contributed by atoms with Gasteiger partial charge >= 0.3 is 7.60 Å². The van der Waals surface area contributed by atoms with E-state index in [0.717, 1.165) is 13.1 Å². The Labute approximate surface area is 144 Å². The smallest absolute Gasteiger partial charge is 0.307 e. The number of hydrogen-bond acceptors (Lipinski definition) is 5. The van der Waals surface area contributed by atoms with Gasteiger partial charge in [-0.2, -0.15) is 0 Å². The van der Waals surface area contributed by atoms with Crippen LogP contribution in [0.25, 0.3) is 0 Å². The average molecular weight is 350 g/mol. The molecule has 0 heterocycles. The quantitative estimate of drug-likeness (QED) is 0.496. The van der Waals surface area contributed by atoms with Crippen LogP contribution in [-0.2, 0) is 13.6 Å². The summed E-state index contributed by atoms with van der Waals surface area (Å²) in [6.07, 6.45) is 0. The predicted octanol–water partition coefficient (Wildman–Crippen LogP) is 4.08. The lowest BCUT2D eigenvalue weighted by Crippen LogP contribution is -2.39. The van der Waals surface area contributed by atoms with Gasteiger partial charge in [-0.15, -0.1) is 0 Å². The van der Waals surface area contributed by atoms with Gasteiger partial charge in [-0.05, 0) is 55.4 Å². The molecule has 0 aliphatic carbocycles. The Morgan fingerprint density at radius 3 is 1.17 bits per heavy atom. The molecule has 140 valence electrons. The molecule has 23 heavy (non-hydrogen) atoms. The fourth-order valence-electron chi connectivity index (χ4n) is 2.89. The summed E-state index contributed by atoms with van der Waals surface area (Å²) in [5.74, 6) is 0. The second-order valence-corrected chi connectivity index (χ2v) is 9.35. The Kier molecular flexibility index (Phi) is 10.9. The Morgan fingerprint density at radius 2 is 0.957 bits per heavy atom. The van der Waals surface area contributed by atoms with E-state index in [0.29, 0.717) is 37.4 Å². The summed E-state index contributed by atoms with van der Waals surface area (Å²) in [5, 5.41) is 0. The Morgan fingerprint density at radius 1 is 0.696 bits per heavy atom. The first-order valence-electron chi connectivity index (χ1n) is 8.86. The highest BCUT2D eigenvalue weighted by atomic mass is 31.2. The maximum absolute atomic E-state index is 12.4. The molecule has 0 fully saturated rings. The first-order chi connectivity index (χ1) is 10.5. The van der Waals surface area contributed by atoms with Crippen molar-refractivity contribution in [1.29, 1.82) is 0 Å². The van der Waals surface area contributed by atoms with Crippen LogP contribution in [0.3, 0.4) is 0 Å². The summed E-state index contributed by atoms with van der Waals surface area (Å²) in [6, 6.07) is 1.78. The summed E-state index contributed by atoms with van der Waals surface area (Å²) in [6.45, 7) is 21.3. The SMILES string of the molecule is CC(C)N(CCOP(C)(=O)OCCN(C(C)C)C(C)C)C(C)C. The van der Waals surface area contributed by atoms with Gasteiger partial charge in [-0.3, -0.25) is 14.4 Å². The summed E-state index contributed by atoms with van der Waals surface area (Å²) < 4.78 is 23.4. The largest absolute Gasteiger partial charge is 0.327 e. The van der Waals surface area contributed by atoms with Crippen molar-refractivity contribution in [3.63, 3.8) is 0 Å². The molecule has 0 atom stereocenters. The fraction of sp³-hybridized carbons (Fsp3) is 1.00. The van der Waals surface area contributed by atoms with Crippen LogP contribution >= 0.6 is 7.60 Å². The lowest BCUT2D eigenvalue weighted by Gasteiger charge is -2.31. The van der Waals surface area contributed by atoms with Crippen LogP contribution in [0, 0.1) is 0 Å². The van der Waals surface area contributed by atoms with Gasteiger partial charge in [0.2, 0.25) is 0 Å². The van der Waals surface area contributed by atoms with E-state index in [1.165, 1.54) is 0 Å². The van der Waals surface area contributed by atoms with E-state index in [1.807, 2.05) is 0 Å². The number of nitrogens with zero attached hydrogens (tertiary/aromatic N) is 2. The average Bonchev–Trinajstić information content (AvgIpc) is 2.37. The van der Waals surface area contributed by atoms with Gasteiger partial charge in [0, 0.05) is 43.9 Å². The molecule has 0 amide bonds. The van der Waals surface area contributed by atoms with E-state index in [-0.39, 0.29) is 0 Å². The van der Waals surface area contributed by atoms with Crippen LogP contribution in [0.2, 0.25) is 0 Å². The second kappa shape index (κ2) is 10.8. The zero-order valence-corrected chi connectivity index (χ0v) is 17.6. The third kappa shape index (κ3) is 9.83. The van der Waals surface area contributed by atoms with Crippen LogP contribution in [0.4, 0.5) is 0 Å². The van der Waals surface area contributed by atoms with Crippen LogP contribution in [0.5, 0.6) is 0 Å². The molecule has 0 radical (unpaired) electrons. The molecule has 5 nitrogen and oxygen atoms in total. The second-order valence-electron chi connectivity index (χ2n) is 7.29. The van der Waals surface area contributed by atoms with Gasteiger partial charge in [-0.25, -0.2) is 0 Å². The Balaban J connectivity index is 4.22. The molecule has 0 saturated carbocycles. The van der Waals surface area contributed by atoms with Crippen LogP contribution in [0.15, 0.2) is 0 Å². The Hall–Kier alpha value is 0.0700. The van der Waals surface area contributed by atoms with Gasteiger partial charge in [0.25, 0.3) is 0 Å². The van der Waals surface area contributed by atoms with Gasteiger partial charge in [0.1, 0.15) is 0 Å². The minimum Gasteiger partial charge on any atom is -0.307 e. The molecule has 0 aromatic heterocycles. The molecule has 0 aliphatic heterocycles. The highest BCUT2D eigenvalue weighted by molar-refractivity contribution is 7.52. The van der Waals surface area contributed by atoms with Gasteiger partial charge in [-0.1, -0.05) is 0 Å². The van der Waals surface area contributed by atoms with Crippen molar-refractivity contribution in [1.82, 2.24) is 9.80 Å². The predicted molar refractivity (Wildman–Crippen MR) is 99.4 cm³/mol. The van der Waals surface area contributed by atoms with Crippen molar-refractivity contribution in [2.75, 3.05) is 33.0 Å². The van der Waals surface area contributed by atoms with Crippen LogP contribution < -0.4 is 0 Å². The molecular weight excluding hydrogens is 311 g/mol. The fourth-order valence-corrected chi connectivity index (χ4v) is 3.79. The topological polar surface area (TPSA) is 42.0 Å². The highest BCUT2D eigenvalue weighted by Gasteiger charge is 2.21. The van der Waals surface area contributed by atoms with E-state index in [1.54, 1.807) is 6.66 Å². The molecule has 0 aliphatic rings. The summed E-state index contributed by atoms with van der Waals surface area (Å²) in [7, 11) is -2.98. The number of hydrogen-bond donors (Lipinski definition) is 0. The molecule has 0 aromatic rings. The first-order valence-corrected chi connectivity index (χ1v) is 10.8. The van der Waals surface area contributed by atoms with Crippen molar-refractivity contribution >= 4 is 7.60 Å². The summed E-state index contributed by atoms with van der Waals surface area (Å²) in [4.78, 5) is 4.64. The van der Waals surface area contributed by atoms with Crippen molar-refractivity contribution in [2.24, 2.45) is 0 Å². The van der Waals surface area contributed by atoms with Crippen molar-refractivity contribution < 1.29 is 13.6 Å². The Bertz CT molecular complexity index is 314. The van der Waals surface area contributed by atoms with Gasteiger partial charge in [0.05, 0.1) is 13.2 Å². The molecule has 0 saturated heterocycles. The standard InChI is InChI=1S/C17H39N2O3P/c1-14(2)18(15(3)4)10-12-21-23(9,20)22-13-11-19(16(5)6)17(7)8/h14-17H,10-13H2,1-9H3. The van der Waals surface area contributed by atoms with E-state index in [9.17, 15) is 4.57 Å². The van der Waals surface area contributed by atoms with Crippen molar-refractivity contribution in [3.8, 4) is 0 Å². The molecule has 6 heteroatoms. The highest BCUT2D eigenvalue weighted by Crippen LogP contribution is 2.43. The molecular formula is C17H39N2O3P. The lowest BCUT2D eigenvalue weighted by atomic mass is 10.2. The third-order valence-electron chi connectivity index (χ3n) is 4.00. The molecule has 0 aromatic carbocycles. The zero-order chi connectivity index (χ0) is 18.2. The number of rotatable bonds is 12. The van der Waals surface area contributed by atoms with Gasteiger partial charge < -0.3 is 9.05 Å². The van der Waals surface area contributed by atoms with Crippen LogP contribution in [0.1, 0.15) is 55.4 Å². The van der Waals surface area contributed by atoms with E-state index in [4.69, 9.17) is 9.05 Å². The van der Waals surface area contributed by atoms with E-state index in [2.05, 4.69) is 65.2 Å². The molecule has 0 N–H and O–H groups in total. The molecule has 0 unspecified atom stereocenters. The normalized spacial score (nSPS) is 13.5. The summed E-state index contributed by atoms with van der Waals surface area (Å²) >= 11 is 0. The molecule has 0 rings (SSSR count). The molecule has 0 bridgehead atoms. The van der Waals surface area contributed by atoms with Crippen LogP contribution in [-0.4, -0.2) is 66.9 Å². The first kappa shape index (κ1) is 23.1. The third-order valence-corrected chi connectivity index (χ3v) is 5.31. The van der Waals surface area contributed by atoms with Gasteiger partial charge in [0.15, 0.2) is 0 Å². The van der Waals surface area contributed by atoms with E-state index < -0.39 is 7.60 Å². The minimum atomic E-state index is -2.98. The maximum Gasteiger partial charge on any atom is 0.327 e. The monoisotopic (exact) mass is 350 g/mol. The summed E-state index contributed by atoms with van der Waals surface area (Å²) in [5.41, 5.74) is 0. The molecule has 0 spiro atoms.